The molecule has 2 N–H and O–H groups in total. The Kier molecular flexibility index (Phi) is 4.93. The Balaban J connectivity index is 1.80. The van der Waals surface area contributed by atoms with Crippen molar-refractivity contribution in [3.8, 4) is 0 Å². The number of aliphatic carboxylic acids is 1. The van der Waals surface area contributed by atoms with Crippen LogP contribution in [0.2, 0.25) is 0 Å². The zero-order valence-corrected chi connectivity index (χ0v) is 11.4. The van der Waals surface area contributed by atoms with Crippen molar-refractivity contribution in [3.05, 3.63) is 35.9 Å². The summed E-state index contributed by atoms with van der Waals surface area (Å²) < 4.78 is 0. The molecule has 0 radical (unpaired) electrons. The van der Waals surface area contributed by atoms with Gasteiger partial charge in [-0.1, -0.05) is 30.3 Å². The summed E-state index contributed by atoms with van der Waals surface area (Å²) in [7, 11) is 0. The summed E-state index contributed by atoms with van der Waals surface area (Å²) in [5.74, 6) is -0.736. The molecule has 0 saturated carbocycles. The molecule has 0 amide bonds. The number of likely N-dealkylation sites (tertiary alicyclic amines) is 1. The maximum atomic E-state index is 10.5. The monoisotopic (exact) mass is 262 g/mol. The van der Waals surface area contributed by atoms with Crippen LogP contribution in [0.5, 0.6) is 0 Å². The Hall–Kier alpha value is -1.39. The fourth-order valence-corrected chi connectivity index (χ4v) is 2.63. The van der Waals surface area contributed by atoms with E-state index in [2.05, 4.69) is 41.4 Å². The largest absolute Gasteiger partial charge is 0.481 e. The molecular weight excluding hydrogens is 240 g/mol. The molecule has 0 spiro atoms. The summed E-state index contributed by atoms with van der Waals surface area (Å²) in [6.07, 6.45) is 1.29. The molecule has 1 heterocycles. The summed E-state index contributed by atoms with van der Waals surface area (Å²) in [6, 6.07) is 11.4. The molecule has 1 aliphatic rings. The smallest absolute Gasteiger partial charge is 0.304 e. The van der Waals surface area contributed by atoms with Gasteiger partial charge < -0.3 is 10.4 Å². The Morgan fingerprint density at radius 2 is 2.21 bits per heavy atom. The molecule has 2 rings (SSSR count). The highest BCUT2D eigenvalue weighted by Crippen LogP contribution is 2.24. The molecule has 1 aromatic carbocycles. The van der Waals surface area contributed by atoms with Crippen molar-refractivity contribution >= 4 is 5.97 Å². The van der Waals surface area contributed by atoms with Crippen LogP contribution in [0.3, 0.4) is 0 Å². The molecular formula is C15H22N2O2. The van der Waals surface area contributed by atoms with E-state index in [0.29, 0.717) is 18.6 Å². The number of carboxylic acids is 1. The van der Waals surface area contributed by atoms with E-state index in [1.165, 1.54) is 5.56 Å². The SMILES string of the molecule is C[C@@H](c1ccccc1)N1CC[C@H](NCCC(=O)O)C1. The Bertz CT molecular complexity index is 408. The van der Waals surface area contributed by atoms with Gasteiger partial charge in [-0.25, -0.2) is 0 Å². The molecule has 0 aromatic heterocycles. The number of rotatable bonds is 6. The van der Waals surface area contributed by atoms with E-state index < -0.39 is 5.97 Å². The average Bonchev–Trinajstić information content (AvgIpc) is 2.87. The second kappa shape index (κ2) is 6.68. The van der Waals surface area contributed by atoms with Gasteiger partial charge in [0.25, 0.3) is 0 Å². The number of hydrogen-bond donors (Lipinski definition) is 2. The van der Waals surface area contributed by atoms with Crippen LogP contribution in [0, 0.1) is 0 Å². The molecule has 1 aliphatic heterocycles. The first kappa shape index (κ1) is 14.0. The molecule has 1 saturated heterocycles. The minimum Gasteiger partial charge on any atom is -0.481 e. The molecule has 4 nitrogen and oxygen atoms in total. The lowest BCUT2D eigenvalue weighted by Gasteiger charge is -2.24. The number of carboxylic acid groups (broad SMARTS) is 1. The zero-order chi connectivity index (χ0) is 13.7. The lowest BCUT2D eigenvalue weighted by Crippen LogP contribution is -2.34. The van der Waals surface area contributed by atoms with Crippen LogP contribution < -0.4 is 5.32 Å². The summed E-state index contributed by atoms with van der Waals surface area (Å²) in [5, 5.41) is 12.0. The van der Waals surface area contributed by atoms with Crippen molar-refractivity contribution in [2.45, 2.75) is 31.8 Å². The van der Waals surface area contributed by atoms with Crippen molar-refractivity contribution < 1.29 is 9.90 Å². The van der Waals surface area contributed by atoms with Gasteiger partial charge in [0.05, 0.1) is 6.42 Å². The van der Waals surface area contributed by atoms with Crippen molar-refractivity contribution in [1.29, 1.82) is 0 Å². The molecule has 1 aromatic rings. The first-order chi connectivity index (χ1) is 9.16. The third kappa shape index (κ3) is 4.04. The van der Waals surface area contributed by atoms with Crippen LogP contribution in [0.25, 0.3) is 0 Å². The normalized spacial score (nSPS) is 21.4. The number of carbonyl (C=O) groups is 1. The molecule has 0 aliphatic carbocycles. The van der Waals surface area contributed by atoms with Gasteiger partial charge >= 0.3 is 5.97 Å². The highest BCUT2D eigenvalue weighted by molar-refractivity contribution is 5.66. The quantitative estimate of drug-likeness (QED) is 0.822. The van der Waals surface area contributed by atoms with E-state index in [-0.39, 0.29) is 6.42 Å². The topological polar surface area (TPSA) is 52.6 Å². The predicted octanol–water partition coefficient (Wildman–Crippen LogP) is 1.89. The van der Waals surface area contributed by atoms with Crippen LogP contribution in [0.15, 0.2) is 30.3 Å². The van der Waals surface area contributed by atoms with Crippen molar-refractivity contribution in [3.63, 3.8) is 0 Å². The van der Waals surface area contributed by atoms with Gasteiger partial charge in [-0.2, -0.15) is 0 Å². The first-order valence-electron chi connectivity index (χ1n) is 6.91. The van der Waals surface area contributed by atoms with E-state index in [4.69, 9.17) is 5.11 Å². The maximum Gasteiger partial charge on any atom is 0.304 e. The van der Waals surface area contributed by atoms with Gasteiger partial charge in [-0.05, 0) is 18.9 Å². The van der Waals surface area contributed by atoms with Gasteiger partial charge in [0.2, 0.25) is 0 Å². The molecule has 19 heavy (non-hydrogen) atoms. The molecule has 2 atom stereocenters. The van der Waals surface area contributed by atoms with Gasteiger partial charge in [0, 0.05) is 31.7 Å². The second-order valence-electron chi connectivity index (χ2n) is 5.17. The summed E-state index contributed by atoms with van der Waals surface area (Å²) in [4.78, 5) is 12.9. The third-order valence-electron chi connectivity index (χ3n) is 3.82. The Morgan fingerprint density at radius 1 is 1.47 bits per heavy atom. The second-order valence-corrected chi connectivity index (χ2v) is 5.17. The van der Waals surface area contributed by atoms with Crippen molar-refractivity contribution in [2.75, 3.05) is 19.6 Å². The highest BCUT2D eigenvalue weighted by Gasteiger charge is 2.26. The summed E-state index contributed by atoms with van der Waals surface area (Å²) in [6.45, 7) is 4.86. The number of hydrogen-bond acceptors (Lipinski definition) is 3. The lowest BCUT2D eigenvalue weighted by atomic mass is 10.1. The molecule has 4 heteroatoms. The average molecular weight is 262 g/mol. The maximum absolute atomic E-state index is 10.5. The number of benzene rings is 1. The van der Waals surface area contributed by atoms with Crippen LogP contribution >= 0.6 is 0 Å². The van der Waals surface area contributed by atoms with E-state index in [1.54, 1.807) is 0 Å². The molecule has 104 valence electrons. The minimum atomic E-state index is -0.736. The fraction of sp³-hybridized carbons (Fsp3) is 0.533. The third-order valence-corrected chi connectivity index (χ3v) is 3.82. The van der Waals surface area contributed by atoms with Gasteiger partial charge in [0.1, 0.15) is 0 Å². The molecule has 1 fully saturated rings. The lowest BCUT2D eigenvalue weighted by molar-refractivity contribution is -0.136. The van der Waals surface area contributed by atoms with Gasteiger partial charge in [-0.15, -0.1) is 0 Å². The van der Waals surface area contributed by atoms with Crippen LogP contribution in [0.1, 0.15) is 31.4 Å². The van der Waals surface area contributed by atoms with E-state index >= 15 is 0 Å². The van der Waals surface area contributed by atoms with Crippen molar-refractivity contribution in [2.24, 2.45) is 0 Å². The molecule has 0 unspecified atom stereocenters. The van der Waals surface area contributed by atoms with E-state index in [9.17, 15) is 4.79 Å². The Labute approximate surface area is 114 Å². The predicted molar refractivity (Wildman–Crippen MR) is 75.1 cm³/mol. The first-order valence-corrected chi connectivity index (χ1v) is 6.91. The number of nitrogens with zero attached hydrogens (tertiary/aromatic N) is 1. The minimum absolute atomic E-state index is 0.199. The van der Waals surface area contributed by atoms with Gasteiger partial charge in [0.15, 0.2) is 0 Å². The number of nitrogens with one attached hydrogen (secondary N) is 1. The summed E-state index contributed by atoms with van der Waals surface area (Å²) in [5.41, 5.74) is 1.34. The van der Waals surface area contributed by atoms with Crippen LogP contribution in [0.4, 0.5) is 0 Å². The summed E-state index contributed by atoms with van der Waals surface area (Å²) >= 11 is 0. The van der Waals surface area contributed by atoms with Gasteiger partial charge in [-0.3, -0.25) is 9.69 Å². The fourth-order valence-electron chi connectivity index (χ4n) is 2.63. The Morgan fingerprint density at radius 3 is 2.89 bits per heavy atom. The zero-order valence-electron chi connectivity index (χ0n) is 11.4. The van der Waals surface area contributed by atoms with Crippen LogP contribution in [-0.2, 0) is 4.79 Å². The highest BCUT2D eigenvalue weighted by atomic mass is 16.4. The standard InChI is InChI=1S/C15H22N2O2/c1-12(13-5-3-2-4-6-13)17-10-8-14(11-17)16-9-7-15(18)19/h2-6,12,14,16H,7-11H2,1H3,(H,18,19)/t12-,14-/m0/s1. The van der Waals surface area contributed by atoms with E-state index in [1.807, 2.05) is 6.07 Å². The van der Waals surface area contributed by atoms with Crippen molar-refractivity contribution in [1.82, 2.24) is 10.2 Å². The molecule has 0 bridgehead atoms. The van der Waals surface area contributed by atoms with E-state index in [0.717, 1.165) is 19.5 Å². The van der Waals surface area contributed by atoms with Crippen LogP contribution in [-0.4, -0.2) is 41.7 Å².